The van der Waals surface area contributed by atoms with Crippen LogP contribution in [-0.2, 0) is 4.74 Å². The summed E-state index contributed by atoms with van der Waals surface area (Å²) in [5, 5.41) is 0. The summed E-state index contributed by atoms with van der Waals surface area (Å²) >= 11 is 0. The summed E-state index contributed by atoms with van der Waals surface area (Å²) in [6.07, 6.45) is 3.52. The second kappa shape index (κ2) is 5.32. The van der Waals surface area contributed by atoms with Gasteiger partial charge in [0.25, 0.3) is 0 Å². The predicted octanol–water partition coefficient (Wildman–Crippen LogP) is 2.42. The van der Waals surface area contributed by atoms with E-state index in [4.69, 9.17) is 4.74 Å². The number of rotatable bonds is 3. The van der Waals surface area contributed by atoms with Gasteiger partial charge in [-0.25, -0.2) is 0 Å². The van der Waals surface area contributed by atoms with E-state index in [1.807, 2.05) is 18.2 Å². The van der Waals surface area contributed by atoms with Crippen molar-refractivity contribution in [3.63, 3.8) is 0 Å². The van der Waals surface area contributed by atoms with Gasteiger partial charge in [-0.1, -0.05) is 0 Å². The Morgan fingerprint density at radius 3 is 2.94 bits per heavy atom. The molecule has 2 rings (SSSR count). The lowest BCUT2D eigenvalue weighted by Crippen LogP contribution is -2.39. The van der Waals surface area contributed by atoms with Crippen molar-refractivity contribution in [2.24, 2.45) is 0 Å². The number of hydrogen-bond acceptors (Lipinski definition) is 3. The van der Waals surface area contributed by atoms with Crippen LogP contribution in [0.25, 0.3) is 0 Å². The maximum atomic E-state index is 10.7. The molecule has 1 atom stereocenters. The van der Waals surface area contributed by atoms with Crippen LogP contribution in [0, 0.1) is 6.92 Å². The van der Waals surface area contributed by atoms with Gasteiger partial charge in [0.05, 0.1) is 6.10 Å². The molecule has 1 aliphatic rings. The number of carbonyl (C=O) groups excluding carboxylic acids is 1. The van der Waals surface area contributed by atoms with E-state index in [1.54, 1.807) is 7.11 Å². The van der Waals surface area contributed by atoms with Crippen molar-refractivity contribution >= 4 is 12.0 Å². The van der Waals surface area contributed by atoms with Gasteiger partial charge in [-0.15, -0.1) is 0 Å². The Morgan fingerprint density at radius 1 is 1.47 bits per heavy atom. The van der Waals surface area contributed by atoms with Gasteiger partial charge in [-0.3, -0.25) is 4.79 Å². The van der Waals surface area contributed by atoms with E-state index in [0.717, 1.165) is 43.3 Å². The van der Waals surface area contributed by atoms with Crippen LogP contribution in [0.4, 0.5) is 5.69 Å². The summed E-state index contributed by atoms with van der Waals surface area (Å²) in [6, 6.07) is 5.86. The number of benzene rings is 1. The Morgan fingerprint density at radius 2 is 2.29 bits per heavy atom. The highest BCUT2D eigenvalue weighted by Gasteiger charge is 2.20. The molecule has 0 amide bonds. The van der Waals surface area contributed by atoms with Crippen LogP contribution in [0.15, 0.2) is 18.2 Å². The van der Waals surface area contributed by atoms with Crippen LogP contribution < -0.4 is 4.90 Å². The number of hydrogen-bond donors (Lipinski definition) is 0. The van der Waals surface area contributed by atoms with Crippen molar-refractivity contribution in [1.29, 1.82) is 0 Å². The summed E-state index contributed by atoms with van der Waals surface area (Å²) in [4.78, 5) is 13.1. The number of anilines is 1. The Hall–Kier alpha value is -1.35. The minimum absolute atomic E-state index is 0.328. The molecule has 1 aromatic carbocycles. The molecule has 0 N–H and O–H groups in total. The van der Waals surface area contributed by atoms with Crippen molar-refractivity contribution < 1.29 is 9.53 Å². The fourth-order valence-corrected chi connectivity index (χ4v) is 2.46. The number of ether oxygens (including phenoxy) is 1. The second-order valence-corrected chi connectivity index (χ2v) is 4.61. The van der Waals surface area contributed by atoms with Gasteiger partial charge in [-0.2, -0.15) is 0 Å². The van der Waals surface area contributed by atoms with Gasteiger partial charge in [0.2, 0.25) is 0 Å². The zero-order valence-corrected chi connectivity index (χ0v) is 10.5. The molecule has 1 saturated heterocycles. The molecule has 3 nitrogen and oxygen atoms in total. The standard InChI is InChI=1S/C14H19NO2/c1-11-8-12(10-16)5-6-14(11)15-7-3-4-13(9-15)17-2/h5-6,8,10,13H,3-4,7,9H2,1-2H3. The average molecular weight is 233 g/mol. The molecule has 92 valence electrons. The lowest BCUT2D eigenvalue weighted by molar-refractivity contribution is 0.0893. The van der Waals surface area contributed by atoms with Gasteiger partial charge in [0, 0.05) is 31.5 Å². The summed E-state index contributed by atoms with van der Waals surface area (Å²) < 4.78 is 5.43. The molecule has 0 bridgehead atoms. The first-order valence-electron chi connectivity index (χ1n) is 6.08. The van der Waals surface area contributed by atoms with Crippen LogP contribution in [-0.4, -0.2) is 32.6 Å². The first kappa shape index (κ1) is 12.1. The highest BCUT2D eigenvalue weighted by Crippen LogP contribution is 2.25. The van der Waals surface area contributed by atoms with Gasteiger partial charge < -0.3 is 9.64 Å². The molecule has 0 aromatic heterocycles. The maximum absolute atomic E-state index is 10.7. The molecule has 1 fully saturated rings. The molecule has 1 heterocycles. The van der Waals surface area contributed by atoms with Crippen molar-refractivity contribution in [2.45, 2.75) is 25.9 Å². The molecule has 1 unspecified atom stereocenters. The topological polar surface area (TPSA) is 29.5 Å². The second-order valence-electron chi connectivity index (χ2n) is 4.61. The van der Waals surface area contributed by atoms with Gasteiger partial charge in [0.15, 0.2) is 0 Å². The molecular weight excluding hydrogens is 214 g/mol. The normalized spacial score (nSPS) is 20.4. The molecule has 1 aromatic rings. The van der Waals surface area contributed by atoms with Crippen molar-refractivity contribution in [1.82, 2.24) is 0 Å². The minimum Gasteiger partial charge on any atom is -0.380 e. The molecule has 1 aliphatic heterocycles. The van der Waals surface area contributed by atoms with E-state index in [2.05, 4.69) is 11.8 Å². The number of aldehydes is 1. The van der Waals surface area contributed by atoms with Gasteiger partial charge in [-0.05, 0) is 43.5 Å². The van der Waals surface area contributed by atoms with Crippen LogP contribution in [0.5, 0.6) is 0 Å². The van der Waals surface area contributed by atoms with E-state index in [9.17, 15) is 4.79 Å². The van der Waals surface area contributed by atoms with E-state index in [-0.39, 0.29) is 0 Å². The summed E-state index contributed by atoms with van der Waals surface area (Å²) in [6.45, 7) is 4.07. The quantitative estimate of drug-likeness (QED) is 0.751. The van der Waals surface area contributed by atoms with Crippen molar-refractivity contribution in [3.8, 4) is 0 Å². The Balaban J connectivity index is 2.18. The van der Waals surface area contributed by atoms with Gasteiger partial charge >= 0.3 is 0 Å². The highest BCUT2D eigenvalue weighted by atomic mass is 16.5. The summed E-state index contributed by atoms with van der Waals surface area (Å²) in [5.41, 5.74) is 3.12. The fraction of sp³-hybridized carbons (Fsp3) is 0.500. The molecular formula is C14H19NO2. The maximum Gasteiger partial charge on any atom is 0.150 e. The predicted molar refractivity (Wildman–Crippen MR) is 68.8 cm³/mol. The van der Waals surface area contributed by atoms with Crippen LogP contribution >= 0.6 is 0 Å². The lowest BCUT2D eigenvalue weighted by atomic mass is 10.0. The molecule has 0 radical (unpaired) electrons. The van der Waals surface area contributed by atoms with E-state index < -0.39 is 0 Å². The molecule has 3 heteroatoms. The summed E-state index contributed by atoms with van der Waals surface area (Å²) in [5.74, 6) is 0. The van der Waals surface area contributed by atoms with E-state index >= 15 is 0 Å². The fourth-order valence-electron chi connectivity index (χ4n) is 2.46. The third-order valence-electron chi connectivity index (χ3n) is 3.41. The minimum atomic E-state index is 0.328. The van der Waals surface area contributed by atoms with E-state index in [1.165, 1.54) is 5.69 Å². The molecule has 0 spiro atoms. The summed E-state index contributed by atoms with van der Waals surface area (Å²) in [7, 11) is 1.77. The number of piperidine rings is 1. The zero-order chi connectivity index (χ0) is 12.3. The molecule has 17 heavy (non-hydrogen) atoms. The first-order valence-corrected chi connectivity index (χ1v) is 6.08. The Kier molecular flexibility index (Phi) is 3.79. The third-order valence-corrected chi connectivity index (χ3v) is 3.41. The monoisotopic (exact) mass is 233 g/mol. The van der Waals surface area contributed by atoms with Crippen molar-refractivity contribution in [2.75, 3.05) is 25.1 Å². The van der Waals surface area contributed by atoms with E-state index in [0.29, 0.717) is 6.10 Å². The smallest absolute Gasteiger partial charge is 0.150 e. The highest BCUT2D eigenvalue weighted by molar-refractivity contribution is 5.77. The number of methoxy groups -OCH3 is 1. The number of carbonyl (C=O) groups is 1. The Bertz CT molecular complexity index is 403. The van der Waals surface area contributed by atoms with Crippen LogP contribution in [0.2, 0.25) is 0 Å². The van der Waals surface area contributed by atoms with Gasteiger partial charge in [0.1, 0.15) is 6.29 Å². The SMILES string of the molecule is COC1CCCN(c2ccc(C=O)cc2C)C1. The zero-order valence-electron chi connectivity index (χ0n) is 10.5. The largest absolute Gasteiger partial charge is 0.380 e. The third kappa shape index (κ3) is 2.67. The average Bonchev–Trinajstić information content (AvgIpc) is 2.38. The lowest BCUT2D eigenvalue weighted by Gasteiger charge is -2.34. The van der Waals surface area contributed by atoms with Crippen LogP contribution in [0.1, 0.15) is 28.8 Å². The molecule has 0 saturated carbocycles. The van der Waals surface area contributed by atoms with Crippen molar-refractivity contribution in [3.05, 3.63) is 29.3 Å². The van der Waals surface area contributed by atoms with Crippen LogP contribution in [0.3, 0.4) is 0 Å². The molecule has 0 aliphatic carbocycles. The first-order chi connectivity index (χ1) is 8.24. The number of nitrogens with zero attached hydrogens (tertiary/aromatic N) is 1. The Labute approximate surface area is 102 Å². The number of aryl methyl sites for hydroxylation is 1.